The summed E-state index contributed by atoms with van der Waals surface area (Å²) in [6, 6.07) is 17.9. The van der Waals surface area contributed by atoms with Crippen LogP contribution in [0.3, 0.4) is 0 Å². The third-order valence-corrected chi connectivity index (χ3v) is 5.41. The van der Waals surface area contributed by atoms with Crippen LogP contribution in [-0.4, -0.2) is 12.6 Å². The molecule has 0 aliphatic rings. The Bertz CT molecular complexity index is 1240. The van der Waals surface area contributed by atoms with Crippen LogP contribution in [0.4, 0.5) is 0 Å². The third-order valence-electron chi connectivity index (χ3n) is 4.21. The highest BCUT2D eigenvalue weighted by Crippen LogP contribution is 2.34. The van der Waals surface area contributed by atoms with Gasteiger partial charge in [-0.05, 0) is 42.3 Å². The van der Waals surface area contributed by atoms with E-state index in [4.69, 9.17) is 25.5 Å². The van der Waals surface area contributed by atoms with Gasteiger partial charge in [-0.2, -0.15) is 0 Å². The van der Waals surface area contributed by atoms with Crippen LogP contribution in [-0.2, 0) is 4.79 Å². The van der Waals surface area contributed by atoms with Crippen molar-refractivity contribution >= 4 is 39.2 Å². The second-order valence-electron chi connectivity index (χ2n) is 6.29. The number of benzene rings is 3. The smallest absolute Gasteiger partial charge is 0.396 e. The van der Waals surface area contributed by atoms with Gasteiger partial charge in [0.25, 0.3) is 0 Å². The number of rotatable bonds is 5. The fourth-order valence-corrected chi connectivity index (χ4v) is 3.69. The zero-order valence-electron chi connectivity index (χ0n) is 15.3. The first kappa shape index (κ1) is 19.2. The normalized spacial score (nSPS) is 10.8. The van der Waals surface area contributed by atoms with Gasteiger partial charge in [-0.15, -0.1) is 0 Å². The minimum absolute atomic E-state index is 0.262. The van der Waals surface area contributed by atoms with E-state index < -0.39 is 10.9 Å². The van der Waals surface area contributed by atoms with Gasteiger partial charge in [-0.25, -0.2) is 9.59 Å². The van der Waals surface area contributed by atoms with Gasteiger partial charge in [0.2, 0.25) is 0 Å². The average molecular weight is 427 g/mol. The molecule has 0 amide bonds. The predicted molar refractivity (Wildman–Crippen MR) is 113 cm³/mol. The Hall–Kier alpha value is -3.09. The van der Waals surface area contributed by atoms with Crippen molar-refractivity contribution in [2.75, 3.05) is 6.61 Å². The summed E-state index contributed by atoms with van der Waals surface area (Å²) in [6.07, 6.45) is 0. The molecule has 0 fully saturated rings. The van der Waals surface area contributed by atoms with Crippen LogP contribution in [0, 0.1) is 6.92 Å². The highest BCUT2D eigenvalue weighted by molar-refractivity contribution is 7.16. The first-order valence-corrected chi connectivity index (χ1v) is 9.92. The molecule has 0 spiro atoms. The van der Waals surface area contributed by atoms with E-state index in [1.807, 2.05) is 37.3 Å². The number of carbonyl (C=O) groups excluding carboxylic acids is 1. The first-order chi connectivity index (χ1) is 14.0. The van der Waals surface area contributed by atoms with Crippen molar-refractivity contribution < 1.29 is 18.7 Å². The van der Waals surface area contributed by atoms with Crippen LogP contribution in [0.5, 0.6) is 11.5 Å². The lowest BCUT2D eigenvalue weighted by Crippen LogP contribution is -2.17. The first-order valence-electron chi connectivity index (χ1n) is 8.72. The van der Waals surface area contributed by atoms with Crippen LogP contribution in [0.1, 0.15) is 5.56 Å². The number of fused-ring (bicyclic) bond motifs is 1. The van der Waals surface area contributed by atoms with E-state index in [-0.39, 0.29) is 6.61 Å². The van der Waals surface area contributed by atoms with Gasteiger partial charge in [0.05, 0.1) is 4.70 Å². The highest BCUT2D eigenvalue weighted by Gasteiger charge is 2.15. The maximum Gasteiger partial charge on any atom is 0.396 e. The van der Waals surface area contributed by atoms with Crippen molar-refractivity contribution in [3.8, 4) is 22.6 Å². The van der Waals surface area contributed by atoms with Crippen molar-refractivity contribution in [1.82, 2.24) is 0 Å². The lowest BCUT2D eigenvalue weighted by atomic mass is 10.0. The quantitative estimate of drug-likeness (QED) is 0.313. The van der Waals surface area contributed by atoms with Gasteiger partial charge in [0, 0.05) is 16.7 Å². The van der Waals surface area contributed by atoms with Crippen LogP contribution in [0.2, 0.25) is 5.02 Å². The summed E-state index contributed by atoms with van der Waals surface area (Å²) in [4.78, 5) is 23.6. The molecule has 29 heavy (non-hydrogen) atoms. The van der Waals surface area contributed by atoms with Crippen molar-refractivity contribution in [2.45, 2.75) is 6.92 Å². The van der Waals surface area contributed by atoms with Gasteiger partial charge >= 0.3 is 10.9 Å². The summed E-state index contributed by atoms with van der Waals surface area (Å²) in [5.74, 6) is 0.276. The van der Waals surface area contributed by atoms with E-state index in [2.05, 4.69) is 0 Å². The number of halogens is 1. The van der Waals surface area contributed by atoms with E-state index in [0.29, 0.717) is 32.4 Å². The maximum absolute atomic E-state index is 12.3. The van der Waals surface area contributed by atoms with Crippen molar-refractivity contribution in [3.05, 3.63) is 81.0 Å². The second-order valence-corrected chi connectivity index (χ2v) is 7.68. The Balaban J connectivity index is 1.56. The maximum atomic E-state index is 12.3. The highest BCUT2D eigenvalue weighted by atomic mass is 35.5. The summed E-state index contributed by atoms with van der Waals surface area (Å²) in [5, 5.41) is 0.626. The summed E-state index contributed by atoms with van der Waals surface area (Å²) in [5.41, 5.74) is 2.85. The van der Waals surface area contributed by atoms with E-state index in [1.54, 1.807) is 30.3 Å². The number of hydrogen-bond donors (Lipinski definition) is 0. The minimum Gasteiger partial charge on any atom is -0.482 e. The standard InChI is InChI=1S/C22H15ClO5S/c1-13-9-15(7-8-18(13)23)26-12-20(24)27-16-10-17(14-5-3-2-4-6-14)21-19(11-16)29-22(25)28-21/h2-11H,12H2,1H3. The second kappa shape index (κ2) is 8.11. The topological polar surface area (TPSA) is 65.7 Å². The Morgan fingerprint density at radius 3 is 2.62 bits per heavy atom. The molecule has 0 atom stereocenters. The summed E-state index contributed by atoms with van der Waals surface area (Å²) in [7, 11) is 0. The molecule has 1 aromatic heterocycles. The van der Waals surface area contributed by atoms with E-state index in [1.165, 1.54) is 0 Å². The van der Waals surface area contributed by atoms with Gasteiger partial charge in [-0.1, -0.05) is 53.3 Å². The molecular weight excluding hydrogens is 412 g/mol. The Morgan fingerprint density at radius 2 is 1.86 bits per heavy atom. The molecule has 0 unspecified atom stereocenters. The number of hydrogen-bond acceptors (Lipinski definition) is 6. The lowest BCUT2D eigenvalue weighted by molar-refractivity contribution is -0.136. The molecule has 1 heterocycles. The van der Waals surface area contributed by atoms with Gasteiger partial charge in [-0.3, -0.25) is 0 Å². The number of ether oxygens (including phenoxy) is 2. The van der Waals surface area contributed by atoms with Gasteiger partial charge in [0.1, 0.15) is 11.5 Å². The fourth-order valence-electron chi connectivity index (χ4n) is 2.85. The Kier molecular flexibility index (Phi) is 5.38. The molecule has 7 heteroatoms. The molecule has 0 bridgehead atoms. The zero-order chi connectivity index (χ0) is 20.4. The predicted octanol–water partition coefficient (Wildman–Crippen LogP) is 5.47. The number of aryl methyl sites for hydroxylation is 1. The third kappa shape index (κ3) is 4.34. The van der Waals surface area contributed by atoms with Crippen molar-refractivity contribution in [3.63, 3.8) is 0 Å². The number of esters is 1. The summed E-state index contributed by atoms with van der Waals surface area (Å²) in [6.45, 7) is 1.59. The summed E-state index contributed by atoms with van der Waals surface area (Å²) >= 11 is 6.95. The van der Waals surface area contributed by atoms with E-state index in [9.17, 15) is 9.59 Å². The largest absolute Gasteiger partial charge is 0.482 e. The van der Waals surface area contributed by atoms with Gasteiger partial charge in [0.15, 0.2) is 12.2 Å². The van der Waals surface area contributed by atoms with Crippen molar-refractivity contribution in [2.24, 2.45) is 0 Å². The lowest BCUT2D eigenvalue weighted by Gasteiger charge is -2.09. The molecule has 0 N–H and O–H groups in total. The SMILES string of the molecule is Cc1cc(OCC(=O)Oc2cc(-c3ccccc3)c3oc(=O)sc3c2)ccc1Cl. The van der Waals surface area contributed by atoms with E-state index >= 15 is 0 Å². The molecule has 4 rings (SSSR count). The van der Waals surface area contributed by atoms with Crippen LogP contribution >= 0.6 is 22.9 Å². The van der Waals surface area contributed by atoms with Crippen LogP contribution in [0.25, 0.3) is 21.4 Å². The molecule has 0 saturated carbocycles. The van der Waals surface area contributed by atoms with E-state index in [0.717, 1.165) is 22.5 Å². The molecule has 4 aromatic rings. The monoisotopic (exact) mass is 426 g/mol. The molecule has 0 aliphatic carbocycles. The van der Waals surface area contributed by atoms with Crippen LogP contribution in [0.15, 0.2) is 69.9 Å². The van der Waals surface area contributed by atoms with Gasteiger partial charge < -0.3 is 13.9 Å². The molecule has 146 valence electrons. The molecule has 3 aromatic carbocycles. The minimum atomic E-state index is -0.563. The summed E-state index contributed by atoms with van der Waals surface area (Å²) < 4.78 is 16.9. The molecule has 0 saturated heterocycles. The molecule has 0 radical (unpaired) electrons. The van der Waals surface area contributed by atoms with Crippen molar-refractivity contribution in [1.29, 1.82) is 0 Å². The average Bonchev–Trinajstić information content (AvgIpc) is 3.09. The number of carbonyl (C=O) groups is 1. The zero-order valence-corrected chi connectivity index (χ0v) is 16.9. The Morgan fingerprint density at radius 1 is 1.07 bits per heavy atom. The molecule has 5 nitrogen and oxygen atoms in total. The van der Waals surface area contributed by atoms with Crippen LogP contribution < -0.4 is 14.4 Å². The Labute approximate surface area is 175 Å². The molecular formula is C22H15ClO5S. The molecule has 0 aliphatic heterocycles. The fraction of sp³-hybridized carbons (Fsp3) is 0.0909.